The fourth-order valence-corrected chi connectivity index (χ4v) is 2.94. The summed E-state index contributed by atoms with van der Waals surface area (Å²) in [5.41, 5.74) is 3.09. The van der Waals surface area contributed by atoms with Crippen LogP contribution in [-0.2, 0) is 11.2 Å². The van der Waals surface area contributed by atoms with Crippen LogP contribution in [0.1, 0.15) is 29.2 Å². The second-order valence-corrected chi connectivity index (χ2v) is 6.30. The molecule has 2 aromatic carbocycles. The molecule has 0 spiro atoms. The molecule has 0 unspecified atom stereocenters. The highest BCUT2D eigenvalue weighted by molar-refractivity contribution is 5.85. The predicted octanol–water partition coefficient (Wildman–Crippen LogP) is 2.52. The summed E-state index contributed by atoms with van der Waals surface area (Å²) in [5, 5.41) is 11.7. The summed E-state index contributed by atoms with van der Waals surface area (Å²) in [7, 11) is 0. The number of carboxylic acid groups (broad SMARTS) is 1. The Bertz CT molecular complexity index is 1020. The molecule has 1 aromatic heterocycles. The molecule has 0 aliphatic rings. The summed E-state index contributed by atoms with van der Waals surface area (Å²) >= 11 is 0. The van der Waals surface area contributed by atoms with Gasteiger partial charge in [0.2, 0.25) is 0 Å². The van der Waals surface area contributed by atoms with Crippen molar-refractivity contribution in [2.24, 2.45) is 0 Å². The number of rotatable bonds is 5. The molecule has 0 amide bonds. The van der Waals surface area contributed by atoms with Crippen LogP contribution in [0.2, 0.25) is 0 Å². The molecule has 0 radical (unpaired) electrons. The zero-order chi connectivity index (χ0) is 18.8. The van der Waals surface area contributed by atoms with Crippen LogP contribution in [0.15, 0.2) is 51.7 Å². The molecule has 0 fully saturated rings. The first-order valence-electron chi connectivity index (χ1n) is 8.35. The van der Waals surface area contributed by atoms with Gasteiger partial charge in [-0.05, 0) is 44.0 Å². The van der Waals surface area contributed by atoms with Crippen LogP contribution in [0.5, 0.6) is 5.75 Å². The molecule has 5 nitrogen and oxygen atoms in total. The summed E-state index contributed by atoms with van der Waals surface area (Å²) in [6, 6.07) is 13.2. The number of ether oxygens (including phenoxy) is 1. The van der Waals surface area contributed by atoms with Gasteiger partial charge in [0.15, 0.2) is 0 Å². The molecule has 3 rings (SSSR count). The molecule has 26 heavy (non-hydrogen) atoms. The standard InChI is InChI=1S/C21H20O5/c1-12-16-9-10-18(25-14(3)20(22)23)13(2)19(16)26-21(24)17(12)11-15-7-5-4-6-8-15/h4-10,14H,11H2,1-3H3,(H,22,23)/p-1/t14-/m1/s1. The molecule has 0 aliphatic carbocycles. The predicted molar refractivity (Wildman–Crippen MR) is 96.3 cm³/mol. The minimum atomic E-state index is -1.31. The van der Waals surface area contributed by atoms with Gasteiger partial charge in [0, 0.05) is 22.9 Å². The number of aliphatic carboxylic acids is 1. The fraction of sp³-hybridized carbons (Fsp3) is 0.238. The second kappa shape index (κ2) is 7.04. The van der Waals surface area contributed by atoms with E-state index in [-0.39, 0.29) is 0 Å². The van der Waals surface area contributed by atoms with Gasteiger partial charge in [0.25, 0.3) is 0 Å². The van der Waals surface area contributed by atoms with Gasteiger partial charge in [-0.2, -0.15) is 0 Å². The van der Waals surface area contributed by atoms with Crippen molar-refractivity contribution in [2.75, 3.05) is 0 Å². The number of hydrogen-bond donors (Lipinski definition) is 0. The van der Waals surface area contributed by atoms with Gasteiger partial charge in [0.1, 0.15) is 17.4 Å². The van der Waals surface area contributed by atoms with Crippen LogP contribution in [-0.4, -0.2) is 12.1 Å². The number of benzene rings is 2. The monoisotopic (exact) mass is 351 g/mol. The van der Waals surface area contributed by atoms with Crippen LogP contribution in [0.3, 0.4) is 0 Å². The Morgan fingerprint density at radius 3 is 2.46 bits per heavy atom. The number of carbonyl (C=O) groups excluding carboxylic acids is 1. The van der Waals surface area contributed by atoms with Crippen molar-refractivity contribution in [1.82, 2.24) is 0 Å². The van der Waals surface area contributed by atoms with Crippen molar-refractivity contribution >= 4 is 16.9 Å². The molecule has 1 atom stereocenters. The first-order chi connectivity index (χ1) is 12.4. The molecule has 0 saturated carbocycles. The Hall–Kier alpha value is -3.08. The third-order valence-corrected chi connectivity index (χ3v) is 4.51. The van der Waals surface area contributed by atoms with Gasteiger partial charge in [-0.1, -0.05) is 30.3 Å². The van der Waals surface area contributed by atoms with E-state index in [9.17, 15) is 14.7 Å². The molecule has 0 aliphatic heterocycles. The molecule has 0 N–H and O–H groups in total. The first-order valence-corrected chi connectivity index (χ1v) is 8.35. The summed E-state index contributed by atoms with van der Waals surface area (Å²) in [6.45, 7) is 5.02. The van der Waals surface area contributed by atoms with Gasteiger partial charge < -0.3 is 19.1 Å². The van der Waals surface area contributed by atoms with Gasteiger partial charge in [0.05, 0.1) is 5.97 Å². The minimum absolute atomic E-state index is 0.354. The van der Waals surface area contributed by atoms with Crippen LogP contribution < -0.4 is 15.5 Å². The SMILES string of the molecule is Cc1c(Cc2ccccc2)c(=O)oc2c(C)c(O[C@H](C)C(=O)[O-])ccc12. The molecule has 3 aromatic rings. The van der Waals surface area contributed by atoms with E-state index in [0.29, 0.717) is 28.9 Å². The van der Waals surface area contributed by atoms with Crippen molar-refractivity contribution < 1.29 is 19.1 Å². The molecule has 134 valence electrons. The Morgan fingerprint density at radius 2 is 1.81 bits per heavy atom. The lowest BCUT2D eigenvalue weighted by atomic mass is 9.98. The lowest BCUT2D eigenvalue weighted by Gasteiger charge is -2.18. The number of carboxylic acids is 1. The van der Waals surface area contributed by atoms with Crippen molar-refractivity contribution in [1.29, 1.82) is 0 Å². The van der Waals surface area contributed by atoms with Crippen LogP contribution in [0.4, 0.5) is 0 Å². The summed E-state index contributed by atoms with van der Waals surface area (Å²) in [5.74, 6) is -0.951. The van der Waals surface area contributed by atoms with E-state index >= 15 is 0 Å². The molecule has 0 bridgehead atoms. The third kappa shape index (κ3) is 3.33. The maximum Gasteiger partial charge on any atom is 0.340 e. The molecule has 1 heterocycles. The van der Waals surface area contributed by atoms with Crippen molar-refractivity contribution in [2.45, 2.75) is 33.3 Å². The first kappa shape index (κ1) is 17.7. The number of aryl methyl sites for hydroxylation is 2. The van der Waals surface area contributed by atoms with E-state index in [0.717, 1.165) is 16.5 Å². The van der Waals surface area contributed by atoms with Crippen LogP contribution in [0, 0.1) is 13.8 Å². The van der Waals surface area contributed by atoms with Gasteiger partial charge in [-0.15, -0.1) is 0 Å². The number of carbonyl (C=O) groups is 1. The van der Waals surface area contributed by atoms with E-state index in [1.54, 1.807) is 19.1 Å². The highest BCUT2D eigenvalue weighted by atomic mass is 16.5. The van der Waals surface area contributed by atoms with Crippen LogP contribution >= 0.6 is 0 Å². The van der Waals surface area contributed by atoms with Crippen LogP contribution in [0.25, 0.3) is 11.0 Å². The lowest BCUT2D eigenvalue weighted by Crippen LogP contribution is -2.37. The quantitative estimate of drug-likeness (QED) is 0.660. The average Bonchev–Trinajstić information content (AvgIpc) is 2.62. The maximum absolute atomic E-state index is 12.5. The molecular formula is C21H19O5-. The Kier molecular flexibility index (Phi) is 4.80. The highest BCUT2D eigenvalue weighted by Crippen LogP contribution is 2.30. The Morgan fingerprint density at radius 1 is 1.12 bits per heavy atom. The van der Waals surface area contributed by atoms with Crippen molar-refractivity contribution in [3.63, 3.8) is 0 Å². The number of hydrogen-bond acceptors (Lipinski definition) is 5. The molecule has 0 saturated heterocycles. The van der Waals surface area contributed by atoms with Crippen molar-refractivity contribution in [3.8, 4) is 5.75 Å². The number of fused-ring (bicyclic) bond motifs is 1. The van der Waals surface area contributed by atoms with E-state index in [1.165, 1.54) is 6.92 Å². The van der Waals surface area contributed by atoms with Gasteiger partial charge >= 0.3 is 5.63 Å². The van der Waals surface area contributed by atoms with Crippen molar-refractivity contribution in [3.05, 3.63) is 75.1 Å². The molecular weight excluding hydrogens is 332 g/mol. The lowest BCUT2D eigenvalue weighted by molar-refractivity contribution is -0.312. The Labute approximate surface area is 150 Å². The summed E-state index contributed by atoms with van der Waals surface area (Å²) < 4.78 is 11.0. The zero-order valence-electron chi connectivity index (χ0n) is 14.9. The van der Waals surface area contributed by atoms with Gasteiger partial charge in [-0.25, -0.2) is 4.79 Å². The van der Waals surface area contributed by atoms with E-state index in [1.807, 2.05) is 37.3 Å². The third-order valence-electron chi connectivity index (χ3n) is 4.51. The fourth-order valence-electron chi connectivity index (χ4n) is 2.94. The summed E-state index contributed by atoms with van der Waals surface area (Å²) in [4.78, 5) is 23.4. The smallest absolute Gasteiger partial charge is 0.340 e. The molecule has 5 heteroatoms. The van der Waals surface area contributed by atoms with E-state index in [2.05, 4.69) is 0 Å². The summed E-state index contributed by atoms with van der Waals surface area (Å²) in [6.07, 6.45) is -0.611. The van der Waals surface area contributed by atoms with Gasteiger partial charge in [-0.3, -0.25) is 0 Å². The van der Waals surface area contributed by atoms with E-state index < -0.39 is 17.7 Å². The maximum atomic E-state index is 12.5. The normalized spacial score (nSPS) is 12.1. The zero-order valence-corrected chi connectivity index (χ0v) is 14.9. The topological polar surface area (TPSA) is 79.6 Å². The van der Waals surface area contributed by atoms with E-state index in [4.69, 9.17) is 9.15 Å². The average molecular weight is 351 g/mol. The minimum Gasteiger partial charge on any atom is -0.546 e. The highest BCUT2D eigenvalue weighted by Gasteiger charge is 2.16. The Balaban J connectivity index is 2.07. The second-order valence-electron chi connectivity index (χ2n) is 6.30. The largest absolute Gasteiger partial charge is 0.546 e.